The zero-order valence-electron chi connectivity index (χ0n) is 18.8. The fraction of sp³-hybridized carbons (Fsp3) is 0.269. The maximum absolute atomic E-state index is 13.8. The lowest BCUT2D eigenvalue weighted by atomic mass is 10.2. The molecule has 4 rings (SSSR count). The Morgan fingerprint density at radius 1 is 0.941 bits per heavy atom. The molecule has 1 N–H and O–H groups in total. The van der Waals surface area contributed by atoms with Crippen molar-refractivity contribution >= 4 is 23.3 Å². The molecule has 1 aromatic heterocycles. The molecule has 3 aromatic rings. The van der Waals surface area contributed by atoms with Crippen LogP contribution in [0.1, 0.15) is 23.2 Å². The van der Waals surface area contributed by atoms with Crippen LogP contribution in [0.4, 0.5) is 15.9 Å². The molecule has 7 nitrogen and oxygen atoms in total. The average molecular weight is 463 g/mol. The molecule has 1 saturated heterocycles. The number of pyridine rings is 1. The van der Waals surface area contributed by atoms with E-state index in [1.807, 2.05) is 41.3 Å². The molecule has 0 bridgehead atoms. The molecule has 0 saturated carbocycles. The van der Waals surface area contributed by atoms with E-state index in [-0.39, 0.29) is 11.5 Å². The molecule has 2 amide bonds. The van der Waals surface area contributed by atoms with Gasteiger partial charge in [-0.05, 0) is 42.8 Å². The van der Waals surface area contributed by atoms with Crippen molar-refractivity contribution in [1.29, 1.82) is 0 Å². The molecule has 176 valence electrons. The second-order valence-corrected chi connectivity index (χ2v) is 7.97. The smallest absolute Gasteiger partial charge is 0.258 e. The number of amides is 2. The van der Waals surface area contributed by atoms with Crippen molar-refractivity contribution in [2.75, 3.05) is 43.0 Å². The van der Waals surface area contributed by atoms with E-state index in [4.69, 9.17) is 4.74 Å². The number of anilines is 2. The lowest BCUT2D eigenvalue weighted by molar-refractivity contribution is -0.131. The second-order valence-electron chi connectivity index (χ2n) is 7.97. The Hall–Kier alpha value is -3.94. The van der Waals surface area contributed by atoms with Gasteiger partial charge in [-0.15, -0.1) is 0 Å². The fourth-order valence-electron chi connectivity index (χ4n) is 3.76. The van der Waals surface area contributed by atoms with Crippen LogP contribution in [0, 0.1) is 5.82 Å². The fourth-order valence-corrected chi connectivity index (χ4v) is 3.76. The number of nitrogens with one attached hydrogen (secondary N) is 1. The standard InChI is InChI=1S/C26H27FN4O3/c27-23-10-5-4-9-22(23)26(33)29-20-12-13-24(28-19-20)30-14-16-31(17-15-30)25(32)11-6-18-34-21-7-2-1-3-8-21/h1-5,7-10,12-13,19H,6,11,14-18H2,(H,29,33). The molecule has 34 heavy (non-hydrogen) atoms. The Morgan fingerprint density at radius 3 is 2.38 bits per heavy atom. The van der Waals surface area contributed by atoms with Gasteiger partial charge in [0.25, 0.3) is 5.91 Å². The Kier molecular flexibility index (Phi) is 7.70. The van der Waals surface area contributed by atoms with E-state index < -0.39 is 11.7 Å². The van der Waals surface area contributed by atoms with E-state index in [2.05, 4.69) is 15.2 Å². The normalized spacial score (nSPS) is 13.4. The first kappa shape index (κ1) is 23.2. The van der Waals surface area contributed by atoms with Gasteiger partial charge in [0.1, 0.15) is 17.4 Å². The first-order chi connectivity index (χ1) is 16.6. The molecule has 0 radical (unpaired) electrons. The number of rotatable bonds is 8. The molecule has 1 aliphatic heterocycles. The third kappa shape index (κ3) is 6.10. The third-order valence-corrected chi connectivity index (χ3v) is 5.63. The van der Waals surface area contributed by atoms with Crippen molar-refractivity contribution in [3.05, 3.63) is 84.3 Å². The summed E-state index contributed by atoms with van der Waals surface area (Å²) in [6.45, 7) is 3.14. The van der Waals surface area contributed by atoms with Crippen LogP contribution >= 0.6 is 0 Å². The molecule has 2 heterocycles. The molecule has 1 aliphatic rings. The molecule has 0 atom stereocenters. The van der Waals surface area contributed by atoms with Crippen LogP contribution in [0.5, 0.6) is 5.75 Å². The highest BCUT2D eigenvalue weighted by molar-refractivity contribution is 6.04. The van der Waals surface area contributed by atoms with Crippen LogP contribution in [0.2, 0.25) is 0 Å². The van der Waals surface area contributed by atoms with Crippen molar-refractivity contribution in [2.24, 2.45) is 0 Å². The number of piperazine rings is 1. The number of ether oxygens (including phenoxy) is 1. The molecule has 0 spiro atoms. The quantitative estimate of drug-likeness (QED) is 0.513. The van der Waals surface area contributed by atoms with Crippen LogP contribution < -0.4 is 15.0 Å². The lowest BCUT2D eigenvalue weighted by Gasteiger charge is -2.35. The number of carbonyl (C=O) groups excluding carboxylic acids is 2. The van der Waals surface area contributed by atoms with Gasteiger partial charge in [0, 0.05) is 32.6 Å². The number of carbonyl (C=O) groups is 2. The van der Waals surface area contributed by atoms with Crippen molar-refractivity contribution in [3.63, 3.8) is 0 Å². The number of benzene rings is 2. The van der Waals surface area contributed by atoms with Crippen LogP contribution in [0.15, 0.2) is 72.9 Å². The summed E-state index contributed by atoms with van der Waals surface area (Å²) < 4.78 is 19.4. The first-order valence-corrected chi connectivity index (χ1v) is 11.3. The van der Waals surface area contributed by atoms with Crippen molar-refractivity contribution in [3.8, 4) is 5.75 Å². The Bertz CT molecular complexity index is 1100. The maximum atomic E-state index is 13.8. The number of para-hydroxylation sites is 1. The summed E-state index contributed by atoms with van der Waals surface area (Å²) in [7, 11) is 0. The van der Waals surface area contributed by atoms with Gasteiger partial charge in [-0.1, -0.05) is 30.3 Å². The van der Waals surface area contributed by atoms with E-state index in [0.29, 0.717) is 51.3 Å². The average Bonchev–Trinajstić information content (AvgIpc) is 2.88. The molecule has 0 unspecified atom stereocenters. The van der Waals surface area contributed by atoms with Crippen LogP contribution in [0.25, 0.3) is 0 Å². The SMILES string of the molecule is O=C(Nc1ccc(N2CCN(C(=O)CCCOc3ccccc3)CC2)nc1)c1ccccc1F. The first-order valence-electron chi connectivity index (χ1n) is 11.3. The van der Waals surface area contributed by atoms with Crippen LogP contribution in [-0.4, -0.2) is 54.5 Å². The molecule has 2 aromatic carbocycles. The highest BCUT2D eigenvalue weighted by atomic mass is 19.1. The molecular weight excluding hydrogens is 435 g/mol. The highest BCUT2D eigenvalue weighted by Gasteiger charge is 2.21. The minimum Gasteiger partial charge on any atom is -0.494 e. The Morgan fingerprint density at radius 2 is 1.68 bits per heavy atom. The maximum Gasteiger partial charge on any atom is 0.258 e. The summed E-state index contributed by atoms with van der Waals surface area (Å²) in [6.07, 6.45) is 2.69. The molecule has 0 aliphatic carbocycles. The van der Waals surface area contributed by atoms with Gasteiger partial charge in [0.2, 0.25) is 5.91 Å². The van der Waals surface area contributed by atoms with E-state index in [0.717, 1.165) is 11.6 Å². The molecular formula is C26H27FN4O3. The minimum absolute atomic E-state index is 0.0148. The summed E-state index contributed by atoms with van der Waals surface area (Å²) in [5.74, 6) is 0.631. The van der Waals surface area contributed by atoms with Gasteiger partial charge in [0.05, 0.1) is 24.1 Å². The number of hydrogen-bond acceptors (Lipinski definition) is 5. The Balaban J connectivity index is 1.20. The lowest BCUT2D eigenvalue weighted by Crippen LogP contribution is -2.49. The van der Waals surface area contributed by atoms with Crippen LogP contribution in [0.3, 0.4) is 0 Å². The van der Waals surface area contributed by atoms with Gasteiger partial charge in [-0.2, -0.15) is 0 Å². The van der Waals surface area contributed by atoms with E-state index in [1.54, 1.807) is 18.3 Å². The van der Waals surface area contributed by atoms with Crippen molar-refractivity contribution in [1.82, 2.24) is 9.88 Å². The monoisotopic (exact) mass is 462 g/mol. The zero-order valence-corrected chi connectivity index (χ0v) is 18.8. The van der Waals surface area contributed by atoms with Crippen LogP contribution in [-0.2, 0) is 4.79 Å². The highest BCUT2D eigenvalue weighted by Crippen LogP contribution is 2.18. The number of halogens is 1. The predicted molar refractivity (Wildman–Crippen MR) is 129 cm³/mol. The van der Waals surface area contributed by atoms with Gasteiger partial charge >= 0.3 is 0 Å². The number of aromatic nitrogens is 1. The van der Waals surface area contributed by atoms with Gasteiger partial charge in [-0.25, -0.2) is 9.37 Å². The predicted octanol–water partition coefficient (Wildman–Crippen LogP) is 3.98. The van der Waals surface area contributed by atoms with E-state index in [9.17, 15) is 14.0 Å². The summed E-state index contributed by atoms with van der Waals surface area (Å²) in [5, 5.41) is 2.66. The summed E-state index contributed by atoms with van der Waals surface area (Å²) in [5.41, 5.74) is 0.475. The molecule has 1 fully saturated rings. The summed E-state index contributed by atoms with van der Waals surface area (Å²) in [6, 6.07) is 19.0. The van der Waals surface area contributed by atoms with Gasteiger partial charge in [-0.3, -0.25) is 9.59 Å². The van der Waals surface area contributed by atoms with Gasteiger partial charge in [0.15, 0.2) is 0 Å². The second kappa shape index (κ2) is 11.3. The third-order valence-electron chi connectivity index (χ3n) is 5.63. The minimum atomic E-state index is -0.569. The van der Waals surface area contributed by atoms with Crippen molar-refractivity contribution in [2.45, 2.75) is 12.8 Å². The van der Waals surface area contributed by atoms with Gasteiger partial charge < -0.3 is 19.9 Å². The summed E-state index contributed by atoms with van der Waals surface area (Å²) >= 11 is 0. The Labute approximate surface area is 198 Å². The number of hydrogen-bond donors (Lipinski definition) is 1. The zero-order chi connectivity index (χ0) is 23.8. The van der Waals surface area contributed by atoms with E-state index >= 15 is 0 Å². The molecule has 8 heteroatoms. The largest absolute Gasteiger partial charge is 0.494 e. The summed E-state index contributed by atoms with van der Waals surface area (Å²) in [4.78, 5) is 33.2. The number of nitrogens with zero attached hydrogens (tertiary/aromatic N) is 3. The van der Waals surface area contributed by atoms with Crippen molar-refractivity contribution < 1.29 is 18.7 Å². The van der Waals surface area contributed by atoms with E-state index in [1.165, 1.54) is 18.2 Å². The topological polar surface area (TPSA) is 74.8 Å².